The third-order valence-electron chi connectivity index (χ3n) is 2.94. The molecule has 1 aromatic heterocycles. The van der Waals surface area contributed by atoms with Gasteiger partial charge in [-0.3, -0.25) is 0 Å². The summed E-state index contributed by atoms with van der Waals surface area (Å²) in [6, 6.07) is 9.88. The lowest BCUT2D eigenvalue weighted by Crippen LogP contribution is -2.04. The summed E-state index contributed by atoms with van der Waals surface area (Å²) in [5.74, 6) is 0.627. The Labute approximate surface area is 113 Å². The maximum absolute atomic E-state index is 8.95. The molecule has 98 valence electrons. The van der Waals surface area contributed by atoms with Crippen LogP contribution in [0.4, 0.5) is 0 Å². The SMILES string of the molecule is CNCc1ccn(Cc2ccc(C#N)c(OC)c2)c1. The van der Waals surface area contributed by atoms with Crippen molar-refractivity contribution >= 4 is 0 Å². The Kier molecular flexibility index (Phi) is 4.22. The molecule has 2 aromatic rings. The van der Waals surface area contributed by atoms with Gasteiger partial charge in [0.15, 0.2) is 0 Å². The van der Waals surface area contributed by atoms with Crippen LogP contribution < -0.4 is 10.1 Å². The molecule has 2 rings (SSSR count). The Morgan fingerprint density at radius 3 is 2.84 bits per heavy atom. The minimum absolute atomic E-state index is 0.564. The number of benzene rings is 1. The first-order valence-corrected chi connectivity index (χ1v) is 6.13. The summed E-state index contributed by atoms with van der Waals surface area (Å²) < 4.78 is 7.34. The zero-order valence-corrected chi connectivity index (χ0v) is 11.2. The molecule has 4 heteroatoms. The fraction of sp³-hybridized carbons (Fsp3) is 0.267. The van der Waals surface area contributed by atoms with Gasteiger partial charge in [-0.15, -0.1) is 0 Å². The van der Waals surface area contributed by atoms with Crippen molar-refractivity contribution in [3.63, 3.8) is 0 Å². The summed E-state index contributed by atoms with van der Waals surface area (Å²) in [5.41, 5.74) is 2.93. The number of hydrogen-bond donors (Lipinski definition) is 1. The van der Waals surface area contributed by atoms with Crippen LogP contribution >= 0.6 is 0 Å². The lowest BCUT2D eigenvalue weighted by Gasteiger charge is -2.07. The van der Waals surface area contributed by atoms with Gasteiger partial charge in [-0.25, -0.2) is 0 Å². The van der Waals surface area contributed by atoms with E-state index in [1.54, 1.807) is 13.2 Å². The number of ether oxygens (including phenoxy) is 1. The first-order chi connectivity index (χ1) is 9.26. The lowest BCUT2D eigenvalue weighted by atomic mass is 10.1. The molecule has 0 aliphatic heterocycles. The fourth-order valence-electron chi connectivity index (χ4n) is 2.03. The fourth-order valence-corrected chi connectivity index (χ4v) is 2.03. The predicted octanol–water partition coefficient (Wildman–Crippen LogP) is 2.14. The zero-order valence-electron chi connectivity index (χ0n) is 11.2. The molecule has 19 heavy (non-hydrogen) atoms. The van der Waals surface area contributed by atoms with Gasteiger partial charge >= 0.3 is 0 Å². The van der Waals surface area contributed by atoms with Gasteiger partial charge in [-0.1, -0.05) is 6.07 Å². The topological polar surface area (TPSA) is 50.0 Å². The highest BCUT2D eigenvalue weighted by Gasteiger charge is 2.04. The predicted molar refractivity (Wildman–Crippen MR) is 74.0 cm³/mol. The Morgan fingerprint density at radius 2 is 2.16 bits per heavy atom. The van der Waals surface area contributed by atoms with Crippen LogP contribution in [0, 0.1) is 11.3 Å². The Balaban J connectivity index is 2.16. The van der Waals surface area contributed by atoms with Crippen LogP contribution in [-0.4, -0.2) is 18.7 Å². The highest BCUT2D eigenvalue weighted by atomic mass is 16.5. The van der Waals surface area contributed by atoms with E-state index in [0.717, 1.165) is 18.7 Å². The molecule has 1 heterocycles. The van der Waals surface area contributed by atoms with Crippen LogP contribution in [0.5, 0.6) is 5.75 Å². The standard InChI is InChI=1S/C15H17N3O/c1-17-9-13-5-6-18(11-13)10-12-3-4-14(8-16)15(7-12)19-2/h3-7,11,17H,9-10H2,1-2H3. The molecule has 0 atom stereocenters. The molecule has 1 aromatic carbocycles. The van der Waals surface area contributed by atoms with Crippen molar-refractivity contribution in [1.29, 1.82) is 5.26 Å². The molecular formula is C15H17N3O. The van der Waals surface area contributed by atoms with Gasteiger partial charge in [0, 0.05) is 25.5 Å². The van der Waals surface area contributed by atoms with Gasteiger partial charge in [0.25, 0.3) is 0 Å². The van der Waals surface area contributed by atoms with Gasteiger partial charge in [0.05, 0.1) is 12.7 Å². The summed E-state index contributed by atoms with van der Waals surface area (Å²) in [5, 5.41) is 12.1. The maximum atomic E-state index is 8.95. The number of rotatable bonds is 5. The van der Waals surface area contributed by atoms with Gasteiger partial charge in [-0.2, -0.15) is 5.26 Å². The Morgan fingerprint density at radius 1 is 1.32 bits per heavy atom. The maximum Gasteiger partial charge on any atom is 0.136 e. The van der Waals surface area contributed by atoms with E-state index in [0.29, 0.717) is 11.3 Å². The number of nitriles is 1. The molecule has 0 spiro atoms. The normalized spacial score (nSPS) is 10.2. The summed E-state index contributed by atoms with van der Waals surface area (Å²) in [6.07, 6.45) is 4.17. The third kappa shape index (κ3) is 3.15. The molecule has 1 N–H and O–H groups in total. The number of hydrogen-bond acceptors (Lipinski definition) is 3. The highest BCUT2D eigenvalue weighted by molar-refractivity contribution is 5.45. The van der Waals surface area contributed by atoms with E-state index in [9.17, 15) is 0 Å². The van der Waals surface area contributed by atoms with E-state index in [1.807, 2.05) is 19.2 Å². The van der Waals surface area contributed by atoms with E-state index in [2.05, 4.69) is 34.4 Å². The van der Waals surface area contributed by atoms with Crippen LogP contribution in [0.25, 0.3) is 0 Å². The third-order valence-corrected chi connectivity index (χ3v) is 2.94. The van der Waals surface area contributed by atoms with Crippen molar-refractivity contribution in [2.24, 2.45) is 0 Å². The van der Waals surface area contributed by atoms with Crippen molar-refractivity contribution < 1.29 is 4.74 Å². The molecule has 0 saturated heterocycles. The van der Waals surface area contributed by atoms with E-state index in [-0.39, 0.29) is 0 Å². The average Bonchev–Trinajstić information content (AvgIpc) is 2.86. The zero-order chi connectivity index (χ0) is 13.7. The number of methoxy groups -OCH3 is 1. The molecule has 0 bridgehead atoms. The largest absolute Gasteiger partial charge is 0.495 e. The monoisotopic (exact) mass is 255 g/mol. The minimum Gasteiger partial charge on any atom is -0.495 e. The number of nitrogens with one attached hydrogen (secondary N) is 1. The van der Waals surface area contributed by atoms with Crippen molar-refractivity contribution in [3.8, 4) is 11.8 Å². The van der Waals surface area contributed by atoms with E-state index in [1.165, 1.54) is 5.56 Å². The van der Waals surface area contributed by atoms with Crippen LogP contribution in [0.1, 0.15) is 16.7 Å². The van der Waals surface area contributed by atoms with Gasteiger partial charge < -0.3 is 14.6 Å². The van der Waals surface area contributed by atoms with E-state index in [4.69, 9.17) is 10.00 Å². The molecule has 0 fully saturated rings. The summed E-state index contributed by atoms with van der Waals surface area (Å²) in [7, 11) is 3.52. The van der Waals surface area contributed by atoms with E-state index >= 15 is 0 Å². The summed E-state index contributed by atoms with van der Waals surface area (Å²) in [6.45, 7) is 1.63. The lowest BCUT2D eigenvalue weighted by molar-refractivity contribution is 0.413. The van der Waals surface area contributed by atoms with Gasteiger partial charge in [0.1, 0.15) is 11.8 Å². The molecule has 0 radical (unpaired) electrons. The first kappa shape index (κ1) is 13.2. The smallest absolute Gasteiger partial charge is 0.136 e. The van der Waals surface area contributed by atoms with Gasteiger partial charge in [0.2, 0.25) is 0 Å². The molecule has 0 aliphatic carbocycles. The highest BCUT2D eigenvalue weighted by Crippen LogP contribution is 2.20. The molecule has 0 unspecified atom stereocenters. The molecule has 0 saturated carbocycles. The second-order valence-electron chi connectivity index (χ2n) is 4.37. The second kappa shape index (κ2) is 6.07. The van der Waals surface area contributed by atoms with Crippen molar-refractivity contribution in [1.82, 2.24) is 9.88 Å². The number of nitrogens with zero attached hydrogens (tertiary/aromatic N) is 2. The number of aromatic nitrogens is 1. The Hall–Kier alpha value is -2.25. The van der Waals surface area contributed by atoms with Crippen molar-refractivity contribution in [2.45, 2.75) is 13.1 Å². The van der Waals surface area contributed by atoms with Crippen molar-refractivity contribution in [3.05, 3.63) is 53.3 Å². The van der Waals surface area contributed by atoms with Gasteiger partial charge in [-0.05, 0) is 36.4 Å². The quantitative estimate of drug-likeness (QED) is 0.890. The summed E-state index contributed by atoms with van der Waals surface area (Å²) >= 11 is 0. The molecule has 0 amide bonds. The van der Waals surface area contributed by atoms with Crippen LogP contribution in [0.3, 0.4) is 0 Å². The van der Waals surface area contributed by atoms with Crippen LogP contribution in [0.2, 0.25) is 0 Å². The van der Waals surface area contributed by atoms with Crippen LogP contribution in [-0.2, 0) is 13.1 Å². The summed E-state index contributed by atoms with van der Waals surface area (Å²) in [4.78, 5) is 0. The Bertz CT molecular complexity index is 596. The minimum atomic E-state index is 0.564. The van der Waals surface area contributed by atoms with Crippen LogP contribution in [0.15, 0.2) is 36.7 Å². The molecule has 0 aliphatic rings. The average molecular weight is 255 g/mol. The van der Waals surface area contributed by atoms with E-state index < -0.39 is 0 Å². The second-order valence-corrected chi connectivity index (χ2v) is 4.37. The molecular weight excluding hydrogens is 238 g/mol. The first-order valence-electron chi connectivity index (χ1n) is 6.13. The molecule has 4 nitrogen and oxygen atoms in total. The van der Waals surface area contributed by atoms with Crippen molar-refractivity contribution in [2.75, 3.05) is 14.2 Å².